The van der Waals surface area contributed by atoms with Gasteiger partial charge in [-0.2, -0.15) is 0 Å². The average molecular weight is 328 g/mol. The normalized spacial score (nSPS) is 13.2. The summed E-state index contributed by atoms with van der Waals surface area (Å²) in [6.07, 6.45) is 1.03. The average Bonchev–Trinajstić information content (AvgIpc) is 3.10. The summed E-state index contributed by atoms with van der Waals surface area (Å²) in [5.41, 5.74) is 0. The molecule has 0 radical (unpaired) electrons. The molecule has 0 spiro atoms. The molecule has 1 unspecified atom stereocenters. The van der Waals surface area contributed by atoms with Crippen LogP contribution in [0.1, 0.15) is 16.7 Å². The number of rotatable bonds is 5. The Morgan fingerprint density at radius 1 is 1.52 bits per heavy atom. The van der Waals surface area contributed by atoms with E-state index in [4.69, 9.17) is 16.0 Å². The maximum absolute atomic E-state index is 10.1. The molecule has 0 aliphatic carbocycles. The summed E-state index contributed by atoms with van der Waals surface area (Å²) in [4.78, 5) is 6.95. The Kier molecular flexibility index (Phi) is 5.67. The third kappa shape index (κ3) is 4.49. The van der Waals surface area contributed by atoms with Crippen molar-refractivity contribution >= 4 is 28.9 Å². The number of furan rings is 1. The van der Waals surface area contributed by atoms with Crippen molar-refractivity contribution in [3.63, 3.8) is 0 Å². The minimum Gasteiger partial charge on any atom is -0.467 e. The lowest BCUT2D eigenvalue weighted by atomic mass is 10.3. The van der Waals surface area contributed by atoms with E-state index in [-0.39, 0.29) is 0 Å². The lowest BCUT2D eigenvalue weighted by molar-refractivity contribution is 0.183. The summed E-state index contributed by atoms with van der Waals surface area (Å²) in [7, 11) is 3.61. The van der Waals surface area contributed by atoms with Crippen molar-refractivity contribution in [3.8, 4) is 0 Å². The van der Waals surface area contributed by atoms with Gasteiger partial charge in [0.25, 0.3) is 0 Å². The maximum Gasteiger partial charge on any atom is 0.193 e. The largest absolute Gasteiger partial charge is 0.467 e. The number of hydrogen-bond acceptors (Lipinski definition) is 4. The molecule has 0 aliphatic heterocycles. The monoisotopic (exact) mass is 327 g/mol. The van der Waals surface area contributed by atoms with Crippen LogP contribution in [-0.4, -0.2) is 36.6 Å². The predicted octanol–water partition coefficient (Wildman–Crippen LogP) is 2.74. The van der Waals surface area contributed by atoms with Crippen molar-refractivity contribution in [1.29, 1.82) is 0 Å². The van der Waals surface area contributed by atoms with Crippen LogP contribution >= 0.6 is 22.9 Å². The van der Waals surface area contributed by atoms with Crippen LogP contribution in [0.5, 0.6) is 0 Å². The first-order valence-corrected chi connectivity index (χ1v) is 7.67. The van der Waals surface area contributed by atoms with Crippen LogP contribution in [0.4, 0.5) is 0 Å². The Bertz CT molecular complexity index is 583. The van der Waals surface area contributed by atoms with E-state index in [1.165, 1.54) is 11.3 Å². The molecule has 2 aromatic rings. The molecule has 114 valence electrons. The fraction of sp³-hybridized carbons (Fsp3) is 0.357. The van der Waals surface area contributed by atoms with Gasteiger partial charge in [-0.05, 0) is 24.3 Å². The van der Waals surface area contributed by atoms with E-state index >= 15 is 0 Å². The number of halogens is 1. The number of nitrogens with zero attached hydrogens (tertiary/aromatic N) is 2. The first-order valence-electron chi connectivity index (χ1n) is 6.47. The summed E-state index contributed by atoms with van der Waals surface area (Å²) in [6, 6.07) is 7.37. The number of aliphatic hydroxyl groups is 1. The molecule has 5 nitrogen and oxygen atoms in total. The highest BCUT2D eigenvalue weighted by atomic mass is 35.5. The van der Waals surface area contributed by atoms with E-state index in [1.54, 1.807) is 19.4 Å². The Balaban J connectivity index is 1.87. The number of nitrogens with one attached hydrogen (secondary N) is 1. The van der Waals surface area contributed by atoms with E-state index in [2.05, 4.69) is 10.3 Å². The third-order valence-electron chi connectivity index (χ3n) is 2.92. The van der Waals surface area contributed by atoms with Crippen molar-refractivity contribution < 1.29 is 9.52 Å². The van der Waals surface area contributed by atoms with E-state index < -0.39 is 6.10 Å². The van der Waals surface area contributed by atoms with Crippen molar-refractivity contribution in [2.45, 2.75) is 12.6 Å². The van der Waals surface area contributed by atoms with Crippen LogP contribution < -0.4 is 5.32 Å². The summed E-state index contributed by atoms with van der Waals surface area (Å²) in [5.74, 6) is 1.54. The minimum atomic E-state index is -0.615. The highest BCUT2D eigenvalue weighted by Gasteiger charge is 2.13. The van der Waals surface area contributed by atoms with Gasteiger partial charge in [0, 0.05) is 25.5 Å². The van der Waals surface area contributed by atoms with Crippen LogP contribution in [0.15, 0.2) is 39.9 Å². The molecular weight excluding hydrogens is 310 g/mol. The zero-order chi connectivity index (χ0) is 15.2. The molecule has 0 aromatic carbocycles. The molecule has 0 aliphatic rings. The van der Waals surface area contributed by atoms with Crippen molar-refractivity contribution in [3.05, 3.63) is 45.5 Å². The topological polar surface area (TPSA) is 61.0 Å². The van der Waals surface area contributed by atoms with Crippen molar-refractivity contribution in [2.75, 3.05) is 20.6 Å². The number of thiophene rings is 1. The number of aliphatic hydroxyl groups excluding tert-OH is 1. The molecule has 2 aromatic heterocycles. The molecule has 2 N–H and O–H groups in total. The van der Waals surface area contributed by atoms with Gasteiger partial charge in [-0.15, -0.1) is 11.3 Å². The summed E-state index contributed by atoms with van der Waals surface area (Å²) < 4.78 is 5.98. The van der Waals surface area contributed by atoms with Gasteiger partial charge in [-0.25, -0.2) is 0 Å². The maximum atomic E-state index is 10.1. The molecule has 2 rings (SSSR count). The van der Waals surface area contributed by atoms with Crippen LogP contribution in [0, 0.1) is 0 Å². The van der Waals surface area contributed by atoms with E-state index in [0.717, 1.165) is 10.6 Å². The van der Waals surface area contributed by atoms with Gasteiger partial charge >= 0.3 is 0 Å². The van der Waals surface area contributed by atoms with Gasteiger partial charge < -0.3 is 19.7 Å². The van der Waals surface area contributed by atoms with Gasteiger partial charge in [-0.1, -0.05) is 11.6 Å². The smallest absolute Gasteiger partial charge is 0.193 e. The zero-order valence-electron chi connectivity index (χ0n) is 11.9. The Labute approximate surface area is 132 Å². The van der Waals surface area contributed by atoms with Crippen molar-refractivity contribution in [2.24, 2.45) is 4.99 Å². The van der Waals surface area contributed by atoms with Crippen LogP contribution in [0.25, 0.3) is 0 Å². The van der Waals surface area contributed by atoms with Crippen LogP contribution in [0.3, 0.4) is 0 Å². The third-order valence-corrected chi connectivity index (χ3v) is 4.25. The van der Waals surface area contributed by atoms with Crippen LogP contribution in [-0.2, 0) is 6.54 Å². The summed E-state index contributed by atoms with van der Waals surface area (Å²) in [5, 5.41) is 13.3. The van der Waals surface area contributed by atoms with Crippen molar-refractivity contribution in [1.82, 2.24) is 10.2 Å². The lowest BCUT2D eigenvalue weighted by Crippen LogP contribution is -2.40. The van der Waals surface area contributed by atoms with E-state index in [0.29, 0.717) is 23.4 Å². The molecule has 2 heterocycles. The molecule has 0 fully saturated rings. The molecule has 1 atom stereocenters. The molecular formula is C14H18ClN3O2S. The molecule has 0 amide bonds. The second-order valence-corrected chi connectivity index (χ2v) is 6.27. The zero-order valence-corrected chi connectivity index (χ0v) is 13.5. The van der Waals surface area contributed by atoms with E-state index in [9.17, 15) is 5.11 Å². The SMILES string of the molecule is CN=C(NCC(O)c1ccc(Cl)s1)N(C)Cc1ccco1. The fourth-order valence-corrected chi connectivity index (χ4v) is 2.94. The second kappa shape index (κ2) is 7.49. The van der Waals surface area contributed by atoms with E-state index in [1.807, 2.05) is 30.1 Å². The number of hydrogen-bond donors (Lipinski definition) is 2. The quantitative estimate of drug-likeness (QED) is 0.655. The Morgan fingerprint density at radius 3 is 2.90 bits per heavy atom. The number of aliphatic imine (C=N–C) groups is 1. The molecule has 0 bridgehead atoms. The highest BCUT2D eigenvalue weighted by Crippen LogP contribution is 2.26. The number of guanidine groups is 1. The summed E-state index contributed by atoms with van der Waals surface area (Å²) in [6.45, 7) is 0.972. The van der Waals surface area contributed by atoms with Crippen LogP contribution in [0.2, 0.25) is 4.34 Å². The summed E-state index contributed by atoms with van der Waals surface area (Å²) >= 11 is 7.24. The highest BCUT2D eigenvalue weighted by molar-refractivity contribution is 7.16. The fourth-order valence-electron chi connectivity index (χ4n) is 1.89. The molecule has 0 saturated heterocycles. The molecule has 21 heavy (non-hydrogen) atoms. The molecule has 7 heteroatoms. The van der Waals surface area contributed by atoms with Gasteiger partial charge in [0.2, 0.25) is 0 Å². The predicted molar refractivity (Wildman–Crippen MR) is 85.8 cm³/mol. The van der Waals surface area contributed by atoms with Gasteiger partial charge in [0.1, 0.15) is 11.9 Å². The standard InChI is InChI=1S/C14H18ClN3O2S/c1-16-14(18(2)9-10-4-3-7-20-10)17-8-11(19)12-5-6-13(15)21-12/h3-7,11,19H,8-9H2,1-2H3,(H,16,17). The second-order valence-electron chi connectivity index (χ2n) is 4.52. The van der Waals surface area contributed by atoms with Gasteiger partial charge in [0.15, 0.2) is 5.96 Å². The van der Waals surface area contributed by atoms with Gasteiger partial charge in [0.05, 0.1) is 17.1 Å². The Morgan fingerprint density at radius 2 is 2.33 bits per heavy atom. The van der Waals surface area contributed by atoms with Gasteiger partial charge in [-0.3, -0.25) is 4.99 Å². The first-order chi connectivity index (χ1) is 10.1. The Hall–Kier alpha value is -1.50. The minimum absolute atomic E-state index is 0.367. The lowest BCUT2D eigenvalue weighted by Gasteiger charge is -2.22. The molecule has 0 saturated carbocycles. The first kappa shape index (κ1) is 15.9.